The number of rotatable bonds is 7. The minimum atomic E-state index is 0.250. The summed E-state index contributed by atoms with van der Waals surface area (Å²) in [4.78, 5) is 0. The summed E-state index contributed by atoms with van der Waals surface area (Å²) in [5.41, 5.74) is 1.14. The van der Waals surface area contributed by atoms with E-state index in [-0.39, 0.29) is 6.04 Å². The molecule has 0 heterocycles. The normalized spacial score (nSPS) is 11.9. The van der Waals surface area contributed by atoms with Crippen LogP contribution < -0.4 is 14.8 Å². The monoisotopic (exact) mass is 235 g/mol. The van der Waals surface area contributed by atoms with Crippen molar-refractivity contribution >= 4 is 0 Å². The van der Waals surface area contributed by atoms with E-state index in [1.807, 2.05) is 31.3 Å². The first-order chi connectivity index (χ1) is 8.22. The molecule has 3 heteroatoms. The van der Waals surface area contributed by atoms with Gasteiger partial charge in [-0.15, -0.1) is 6.58 Å². The number of hydrogen-bond donors (Lipinski definition) is 1. The van der Waals surface area contributed by atoms with Crippen LogP contribution in [0.25, 0.3) is 0 Å². The van der Waals surface area contributed by atoms with Gasteiger partial charge in [0.2, 0.25) is 0 Å². The van der Waals surface area contributed by atoms with Gasteiger partial charge in [-0.25, -0.2) is 0 Å². The standard InChI is InChI=1S/C14H21NO2/c1-5-6-9-17-14-10-12(16-4)7-8-13(14)11(2)15-3/h5,7-8,10-11,15H,1,6,9H2,2-4H3. The van der Waals surface area contributed by atoms with Gasteiger partial charge < -0.3 is 14.8 Å². The maximum Gasteiger partial charge on any atom is 0.127 e. The lowest BCUT2D eigenvalue weighted by atomic mass is 10.1. The summed E-state index contributed by atoms with van der Waals surface area (Å²) in [5, 5.41) is 3.21. The maximum absolute atomic E-state index is 5.75. The van der Waals surface area contributed by atoms with E-state index >= 15 is 0 Å². The number of ether oxygens (including phenoxy) is 2. The summed E-state index contributed by atoms with van der Waals surface area (Å²) in [7, 11) is 3.59. The van der Waals surface area contributed by atoms with Crippen LogP contribution in [0.3, 0.4) is 0 Å². The Morgan fingerprint density at radius 2 is 2.24 bits per heavy atom. The van der Waals surface area contributed by atoms with E-state index in [2.05, 4.69) is 18.8 Å². The third-order valence-corrected chi connectivity index (χ3v) is 2.70. The molecule has 1 aromatic carbocycles. The van der Waals surface area contributed by atoms with Gasteiger partial charge in [-0.2, -0.15) is 0 Å². The number of benzene rings is 1. The van der Waals surface area contributed by atoms with Gasteiger partial charge in [-0.05, 0) is 26.5 Å². The first kappa shape index (κ1) is 13.6. The smallest absolute Gasteiger partial charge is 0.127 e. The molecule has 0 saturated heterocycles. The number of hydrogen-bond acceptors (Lipinski definition) is 3. The van der Waals surface area contributed by atoms with E-state index in [9.17, 15) is 0 Å². The summed E-state index contributed by atoms with van der Waals surface area (Å²) >= 11 is 0. The largest absolute Gasteiger partial charge is 0.497 e. The quantitative estimate of drug-likeness (QED) is 0.582. The Labute approximate surface area is 103 Å². The van der Waals surface area contributed by atoms with Crippen molar-refractivity contribution in [3.8, 4) is 11.5 Å². The van der Waals surface area contributed by atoms with Crippen LogP contribution in [0.1, 0.15) is 24.9 Å². The summed E-state index contributed by atoms with van der Waals surface area (Å²) < 4.78 is 11.0. The van der Waals surface area contributed by atoms with E-state index in [1.165, 1.54) is 0 Å². The van der Waals surface area contributed by atoms with Crippen LogP contribution in [0, 0.1) is 0 Å². The molecule has 0 aromatic heterocycles. The molecule has 0 aliphatic heterocycles. The van der Waals surface area contributed by atoms with E-state index in [0.717, 1.165) is 23.5 Å². The molecule has 3 nitrogen and oxygen atoms in total. The fraction of sp³-hybridized carbons (Fsp3) is 0.429. The number of nitrogens with one attached hydrogen (secondary N) is 1. The molecular formula is C14H21NO2. The lowest BCUT2D eigenvalue weighted by Gasteiger charge is -2.17. The molecule has 1 N–H and O–H groups in total. The van der Waals surface area contributed by atoms with Crippen LogP contribution in [-0.4, -0.2) is 20.8 Å². The topological polar surface area (TPSA) is 30.5 Å². The van der Waals surface area contributed by atoms with Gasteiger partial charge in [0, 0.05) is 17.7 Å². The lowest BCUT2D eigenvalue weighted by molar-refractivity contribution is 0.315. The van der Waals surface area contributed by atoms with Gasteiger partial charge in [0.05, 0.1) is 13.7 Å². The van der Waals surface area contributed by atoms with Crippen molar-refractivity contribution in [3.63, 3.8) is 0 Å². The first-order valence-electron chi connectivity index (χ1n) is 5.81. The van der Waals surface area contributed by atoms with Crippen molar-refractivity contribution in [1.29, 1.82) is 0 Å². The summed E-state index contributed by atoms with van der Waals surface area (Å²) in [6.07, 6.45) is 2.69. The molecule has 0 bridgehead atoms. The highest BCUT2D eigenvalue weighted by atomic mass is 16.5. The third-order valence-electron chi connectivity index (χ3n) is 2.70. The van der Waals surface area contributed by atoms with E-state index in [0.29, 0.717) is 6.61 Å². The third kappa shape index (κ3) is 3.79. The van der Waals surface area contributed by atoms with Gasteiger partial charge >= 0.3 is 0 Å². The van der Waals surface area contributed by atoms with E-state index in [1.54, 1.807) is 7.11 Å². The van der Waals surface area contributed by atoms with Crippen molar-refractivity contribution in [3.05, 3.63) is 36.4 Å². The highest BCUT2D eigenvalue weighted by Crippen LogP contribution is 2.29. The molecule has 1 aromatic rings. The van der Waals surface area contributed by atoms with Crippen molar-refractivity contribution in [1.82, 2.24) is 5.32 Å². The zero-order valence-electron chi connectivity index (χ0n) is 10.8. The predicted octanol–water partition coefficient (Wildman–Crippen LogP) is 2.93. The Morgan fingerprint density at radius 1 is 1.47 bits per heavy atom. The van der Waals surface area contributed by atoms with Crippen molar-refractivity contribution in [2.24, 2.45) is 0 Å². The summed E-state index contributed by atoms with van der Waals surface area (Å²) in [6, 6.07) is 6.15. The van der Waals surface area contributed by atoms with Gasteiger partial charge in [0.1, 0.15) is 11.5 Å². The zero-order valence-corrected chi connectivity index (χ0v) is 10.8. The Morgan fingerprint density at radius 3 is 2.82 bits per heavy atom. The van der Waals surface area contributed by atoms with Crippen LogP contribution >= 0.6 is 0 Å². The molecule has 0 aliphatic carbocycles. The Hall–Kier alpha value is -1.48. The molecular weight excluding hydrogens is 214 g/mol. The average Bonchev–Trinajstić information content (AvgIpc) is 2.38. The summed E-state index contributed by atoms with van der Waals surface area (Å²) in [5.74, 6) is 1.68. The molecule has 1 rings (SSSR count). The van der Waals surface area contributed by atoms with Crippen LogP contribution in [0.2, 0.25) is 0 Å². The Balaban J connectivity index is 2.90. The molecule has 0 aliphatic rings. The molecule has 0 radical (unpaired) electrons. The van der Waals surface area contributed by atoms with Gasteiger partial charge in [-0.1, -0.05) is 12.1 Å². The SMILES string of the molecule is C=CCCOc1cc(OC)ccc1C(C)NC. The second kappa shape index (κ2) is 6.97. The second-order valence-electron chi connectivity index (χ2n) is 3.84. The molecule has 1 atom stereocenters. The van der Waals surface area contributed by atoms with Gasteiger partial charge in [-0.3, -0.25) is 0 Å². The highest BCUT2D eigenvalue weighted by Gasteiger charge is 2.11. The molecule has 0 amide bonds. The fourth-order valence-corrected chi connectivity index (χ4v) is 1.53. The first-order valence-corrected chi connectivity index (χ1v) is 5.81. The van der Waals surface area contributed by atoms with Gasteiger partial charge in [0.25, 0.3) is 0 Å². The Bertz CT molecular complexity index is 363. The van der Waals surface area contributed by atoms with Crippen LogP contribution in [0.15, 0.2) is 30.9 Å². The second-order valence-corrected chi connectivity index (χ2v) is 3.84. The zero-order chi connectivity index (χ0) is 12.7. The summed E-state index contributed by atoms with van der Waals surface area (Å²) in [6.45, 7) is 6.42. The van der Waals surface area contributed by atoms with E-state index < -0.39 is 0 Å². The predicted molar refractivity (Wildman–Crippen MR) is 70.8 cm³/mol. The van der Waals surface area contributed by atoms with Crippen LogP contribution in [0.4, 0.5) is 0 Å². The van der Waals surface area contributed by atoms with Crippen molar-refractivity contribution in [2.75, 3.05) is 20.8 Å². The van der Waals surface area contributed by atoms with Crippen LogP contribution in [0.5, 0.6) is 11.5 Å². The maximum atomic E-state index is 5.75. The molecule has 0 fully saturated rings. The molecule has 94 valence electrons. The van der Waals surface area contributed by atoms with Crippen molar-refractivity contribution in [2.45, 2.75) is 19.4 Å². The van der Waals surface area contributed by atoms with Gasteiger partial charge in [0.15, 0.2) is 0 Å². The highest BCUT2D eigenvalue weighted by molar-refractivity contribution is 5.42. The molecule has 0 saturated carbocycles. The van der Waals surface area contributed by atoms with Crippen LogP contribution in [-0.2, 0) is 0 Å². The Kier molecular flexibility index (Phi) is 5.57. The average molecular weight is 235 g/mol. The molecule has 17 heavy (non-hydrogen) atoms. The minimum Gasteiger partial charge on any atom is -0.497 e. The lowest BCUT2D eigenvalue weighted by Crippen LogP contribution is -2.14. The fourth-order valence-electron chi connectivity index (χ4n) is 1.53. The van der Waals surface area contributed by atoms with Crippen molar-refractivity contribution < 1.29 is 9.47 Å². The number of methoxy groups -OCH3 is 1. The van der Waals surface area contributed by atoms with E-state index in [4.69, 9.17) is 9.47 Å². The molecule has 0 spiro atoms. The molecule has 1 unspecified atom stereocenters. The minimum absolute atomic E-state index is 0.250.